The Kier molecular flexibility index (Phi) is 3.14. The van der Waals surface area contributed by atoms with Gasteiger partial charge in [0.25, 0.3) is 0 Å². The average Bonchev–Trinajstić information content (AvgIpc) is 3.07. The summed E-state index contributed by atoms with van der Waals surface area (Å²) in [5, 5.41) is 6.34. The Labute approximate surface area is 138 Å². The van der Waals surface area contributed by atoms with E-state index in [1.807, 2.05) is 0 Å². The molecule has 4 aromatic rings. The molecule has 112 valence electrons. The number of benzene rings is 1. The molecule has 8 heteroatoms. The second-order valence-corrected chi connectivity index (χ2v) is 6.65. The summed E-state index contributed by atoms with van der Waals surface area (Å²) in [5.41, 5.74) is 1.20. The van der Waals surface area contributed by atoms with E-state index < -0.39 is 6.17 Å². The molecule has 0 radical (unpaired) electrons. The first-order chi connectivity index (χ1) is 10.5. The average molecular weight is 356 g/mol. The third kappa shape index (κ3) is 2.18. The number of halogens is 3. The molecule has 0 saturated heterocycles. The van der Waals surface area contributed by atoms with Gasteiger partial charge in [0.2, 0.25) is 4.96 Å². The van der Waals surface area contributed by atoms with E-state index in [2.05, 4.69) is 10.1 Å². The van der Waals surface area contributed by atoms with Gasteiger partial charge in [-0.15, -0.1) is 0 Å². The van der Waals surface area contributed by atoms with Crippen LogP contribution in [0.15, 0.2) is 28.8 Å². The first kappa shape index (κ1) is 14.0. The van der Waals surface area contributed by atoms with Crippen molar-refractivity contribution in [3.63, 3.8) is 0 Å². The molecule has 0 amide bonds. The van der Waals surface area contributed by atoms with Crippen molar-refractivity contribution >= 4 is 50.5 Å². The summed E-state index contributed by atoms with van der Waals surface area (Å²) in [6.45, 7) is 1.45. The highest BCUT2D eigenvalue weighted by Gasteiger charge is 2.16. The van der Waals surface area contributed by atoms with Crippen molar-refractivity contribution in [1.82, 2.24) is 14.6 Å². The minimum Gasteiger partial charge on any atom is -0.454 e. The van der Waals surface area contributed by atoms with Crippen LogP contribution in [0.25, 0.3) is 27.4 Å². The number of rotatable bonds is 2. The molecule has 0 saturated carbocycles. The third-order valence-corrected chi connectivity index (χ3v) is 4.81. The minimum absolute atomic E-state index is 0.397. The Bertz CT molecular complexity index is 973. The number of aromatic nitrogens is 3. The van der Waals surface area contributed by atoms with E-state index in [4.69, 9.17) is 27.6 Å². The predicted molar refractivity (Wildman–Crippen MR) is 85.6 cm³/mol. The Morgan fingerprint density at radius 3 is 2.86 bits per heavy atom. The molecule has 0 spiro atoms. The van der Waals surface area contributed by atoms with Crippen molar-refractivity contribution in [1.29, 1.82) is 0 Å². The molecule has 0 aliphatic carbocycles. The highest BCUT2D eigenvalue weighted by molar-refractivity contribution is 7.16. The van der Waals surface area contributed by atoms with Crippen molar-refractivity contribution in [3.05, 3.63) is 39.4 Å². The lowest BCUT2D eigenvalue weighted by molar-refractivity contribution is 0.370. The van der Waals surface area contributed by atoms with E-state index in [0.29, 0.717) is 37.1 Å². The molecule has 1 aromatic carbocycles. The second kappa shape index (κ2) is 4.94. The maximum Gasteiger partial charge on any atom is 0.212 e. The maximum absolute atomic E-state index is 13.3. The summed E-state index contributed by atoms with van der Waals surface area (Å²) in [7, 11) is 0. The summed E-state index contributed by atoms with van der Waals surface area (Å²) >= 11 is 13.3. The number of imidazole rings is 1. The van der Waals surface area contributed by atoms with Gasteiger partial charge in [0, 0.05) is 16.5 Å². The molecule has 0 N–H and O–H groups in total. The lowest BCUT2D eigenvalue weighted by Gasteiger charge is -1.92. The molecule has 4 nitrogen and oxygen atoms in total. The quantitative estimate of drug-likeness (QED) is 0.474. The standard InChI is InChI=1S/C14H8Cl2FN3OS/c1-6(17)13-19-20-5-10(18-14(20)22-13)12-4-8-9(16)2-7(15)3-11(8)21-12/h2-6H,1H3/t6-/m1/s1. The van der Waals surface area contributed by atoms with Crippen LogP contribution in [-0.4, -0.2) is 14.6 Å². The zero-order chi connectivity index (χ0) is 15.4. The van der Waals surface area contributed by atoms with E-state index in [0.717, 1.165) is 5.39 Å². The smallest absolute Gasteiger partial charge is 0.212 e. The Hall–Kier alpha value is -1.63. The van der Waals surface area contributed by atoms with Crippen LogP contribution in [0.5, 0.6) is 0 Å². The normalized spacial score (nSPS) is 13.3. The molecule has 0 fully saturated rings. The van der Waals surface area contributed by atoms with Gasteiger partial charge in [-0.3, -0.25) is 0 Å². The summed E-state index contributed by atoms with van der Waals surface area (Å²) in [6, 6.07) is 5.16. The SMILES string of the molecule is C[C@@H](F)c1nn2cc(-c3cc4c(Cl)cc(Cl)cc4o3)nc2s1. The lowest BCUT2D eigenvalue weighted by atomic mass is 10.2. The fourth-order valence-electron chi connectivity index (χ4n) is 2.19. The van der Waals surface area contributed by atoms with Crippen LogP contribution in [0.3, 0.4) is 0 Å². The molecule has 3 heterocycles. The molecular formula is C14H8Cl2FN3OS. The lowest BCUT2D eigenvalue weighted by Crippen LogP contribution is -1.86. The van der Waals surface area contributed by atoms with E-state index in [1.54, 1.807) is 28.9 Å². The molecule has 1 atom stereocenters. The zero-order valence-corrected chi connectivity index (χ0v) is 13.5. The van der Waals surface area contributed by atoms with Crippen molar-refractivity contribution in [2.45, 2.75) is 13.1 Å². The molecule has 0 aliphatic heterocycles. The molecule has 0 bridgehead atoms. The number of hydrogen-bond donors (Lipinski definition) is 0. The number of fused-ring (bicyclic) bond motifs is 2. The van der Waals surface area contributed by atoms with Crippen molar-refractivity contribution in [2.75, 3.05) is 0 Å². The van der Waals surface area contributed by atoms with Gasteiger partial charge in [-0.2, -0.15) is 5.10 Å². The third-order valence-electron chi connectivity index (χ3n) is 3.20. The highest BCUT2D eigenvalue weighted by atomic mass is 35.5. The first-order valence-electron chi connectivity index (χ1n) is 6.40. The Morgan fingerprint density at radius 1 is 1.32 bits per heavy atom. The summed E-state index contributed by atoms with van der Waals surface area (Å²) in [5.74, 6) is 0.562. The van der Waals surface area contributed by atoms with Crippen LogP contribution in [0, 0.1) is 0 Å². The van der Waals surface area contributed by atoms with Crippen molar-refractivity contribution in [2.24, 2.45) is 0 Å². The van der Waals surface area contributed by atoms with Gasteiger partial charge < -0.3 is 4.42 Å². The highest BCUT2D eigenvalue weighted by Crippen LogP contribution is 2.34. The van der Waals surface area contributed by atoms with Crippen molar-refractivity contribution in [3.8, 4) is 11.5 Å². The molecular weight excluding hydrogens is 348 g/mol. The molecule has 0 unspecified atom stereocenters. The van der Waals surface area contributed by atoms with E-state index in [1.165, 1.54) is 18.3 Å². The van der Waals surface area contributed by atoms with E-state index in [9.17, 15) is 4.39 Å². The van der Waals surface area contributed by atoms with Gasteiger partial charge in [-0.25, -0.2) is 13.9 Å². The number of hydrogen-bond acceptors (Lipinski definition) is 4. The topological polar surface area (TPSA) is 43.3 Å². The van der Waals surface area contributed by atoms with Gasteiger partial charge in [0.05, 0.1) is 11.2 Å². The summed E-state index contributed by atoms with van der Waals surface area (Å²) < 4.78 is 20.6. The van der Waals surface area contributed by atoms with Crippen LogP contribution < -0.4 is 0 Å². The van der Waals surface area contributed by atoms with Gasteiger partial charge in [-0.1, -0.05) is 34.5 Å². The number of alkyl halides is 1. The van der Waals surface area contributed by atoms with Crippen LogP contribution in [0.4, 0.5) is 4.39 Å². The summed E-state index contributed by atoms with van der Waals surface area (Å²) in [6.07, 6.45) is 0.590. The largest absolute Gasteiger partial charge is 0.454 e. The summed E-state index contributed by atoms with van der Waals surface area (Å²) in [4.78, 5) is 5.03. The maximum atomic E-state index is 13.3. The molecule has 0 aliphatic rings. The van der Waals surface area contributed by atoms with E-state index in [-0.39, 0.29) is 0 Å². The van der Waals surface area contributed by atoms with Crippen LogP contribution >= 0.6 is 34.5 Å². The van der Waals surface area contributed by atoms with Crippen LogP contribution in [0.2, 0.25) is 10.0 Å². The van der Waals surface area contributed by atoms with Gasteiger partial charge >= 0.3 is 0 Å². The first-order valence-corrected chi connectivity index (χ1v) is 7.97. The molecule has 3 aromatic heterocycles. The fraction of sp³-hybridized carbons (Fsp3) is 0.143. The van der Waals surface area contributed by atoms with Gasteiger partial charge in [-0.05, 0) is 19.1 Å². The number of nitrogens with zero attached hydrogens (tertiary/aromatic N) is 3. The molecule has 22 heavy (non-hydrogen) atoms. The monoisotopic (exact) mass is 355 g/mol. The van der Waals surface area contributed by atoms with Gasteiger partial charge in [0.15, 0.2) is 16.9 Å². The van der Waals surface area contributed by atoms with E-state index >= 15 is 0 Å². The van der Waals surface area contributed by atoms with Crippen molar-refractivity contribution < 1.29 is 8.81 Å². The van der Waals surface area contributed by atoms with Gasteiger partial charge in [0.1, 0.15) is 11.3 Å². The minimum atomic E-state index is -1.11. The predicted octanol–water partition coefficient (Wildman–Crippen LogP) is 5.54. The Balaban J connectivity index is 1.84. The number of furan rings is 1. The Morgan fingerprint density at radius 2 is 2.14 bits per heavy atom. The second-order valence-electron chi connectivity index (χ2n) is 4.82. The van der Waals surface area contributed by atoms with Crippen LogP contribution in [0.1, 0.15) is 18.1 Å². The molecule has 4 rings (SSSR count). The fourth-order valence-corrected chi connectivity index (χ4v) is 3.52. The zero-order valence-electron chi connectivity index (χ0n) is 11.2. The van der Waals surface area contributed by atoms with Crippen LogP contribution in [-0.2, 0) is 0 Å².